The maximum atomic E-state index is 11.8. The summed E-state index contributed by atoms with van der Waals surface area (Å²) >= 11 is 1.48. The number of ether oxygens (including phenoxy) is 2. The lowest BCUT2D eigenvalue weighted by molar-refractivity contribution is -0.113. The summed E-state index contributed by atoms with van der Waals surface area (Å²) in [6.45, 7) is 4.62. The summed E-state index contributed by atoms with van der Waals surface area (Å²) in [6, 6.07) is 6.68. The average molecular weight is 421 g/mol. The number of rotatable bonds is 13. The molecule has 0 fully saturated rings. The van der Waals surface area contributed by atoms with Gasteiger partial charge in [-0.1, -0.05) is 51.3 Å². The highest BCUT2D eigenvalue weighted by Gasteiger charge is 2.10. The number of thioether (sulfide) groups is 1. The van der Waals surface area contributed by atoms with Crippen LogP contribution in [0.1, 0.15) is 58.8 Å². The molecule has 0 radical (unpaired) electrons. The summed E-state index contributed by atoms with van der Waals surface area (Å²) in [5.41, 5.74) is 0.0836. The molecule has 2 aromatic rings. The zero-order chi connectivity index (χ0) is 21.1. The third kappa shape index (κ3) is 7.77. The summed E-state index contributed by atoms with van der Waals surface area (Å²) in [5.74, 6) is 2.34. The first-order valence-corrected chi connectivity index (χ1v) is 11.4. The second-order valence-electron chi connectivity index (χ2n) is 7.24. The number of hydrogen-bond acceptors (Lipinski definition) is 6. The summed E-state index contributed by atoms with van der Waals surface area (Å²) in [6.07, 6.45) is 7.52. The SMILES string of the molecule is CCC(C)C(=O)SCCCCCCCCOc1cc(=O)oc2ccc(OC)cc12. The van der Waals surface area contributed by atoms with Crippen LogP contribution < -0.4 is 15.1 Å². The molecule has 160 valence electrons. The van der Waals surface area contributed by atoms with E-state index in [1.165, 1.54) is 24.2 Å². The van der Waals surface area contributed by atoms with Crippen LogP contribution in [-0.2, 0) is 4.79 Å². The summed E-state index contributed by atoms with van der Waals surface area (Å²) in [7, 11) is 1.60. The molecule has 5 nitrogen and oxygen atoms in total. The number of carbonyl (C=O) groups is 1. The molecule has 6 heteroatoms. The van der Waals surface area contributed by atoms with Gasteiger partial charge >= 0.3 is 5.63 Å². The fraction of sp³-hybridized carbons (Fsp3) is 0.565. The summed E-state index contributed by atoms with van der Waals surface area (Å²) < 4.78 is 16.3. The molecule has 0 amide bonds. The normalized spacial score (nSPS) is 12.1. The first-order chi connectivity index (χ1) is 14.0. The van der Waals surface area contributed by atoms with Gasteiger partial charge in [0.25, 0.3) is 0 Å². The Morgan fingerprint density at radius 1 is 1.10 bits per heavy atom. The lowest BCUT2D eigenvalue weighted by Gasteiger charge is -2.09. The van der Waals surface area contributed by atoms with Crippen molar-refractivity contribution in [2.75, 3.05) is 19.5 Å². The van der Waals surface area contributed by atoms with Crippen molar-refractivity contribution < 1.29 is 18.7 Å². The smallest absolute Gasteiger partial charge is 0.339 e. The van der Waals surface area contributed by atoms with Crippen LogP contribution in [0.5, 0.6) is 11.5 Å². The Balaban J connectivity index is 1.64. The van der Waals surface area contributed by atoms with Gasteiger partial charge in [-0.05, 0) is 37.5 Å². The Labute approximate surface area is 177 Å². The first kappa shape index (κ1) is 23.3. The maximum absolute atomic E-state index is 11.8. The van der Waals surface area contributed by atoms with Crippen LogP contribution in [0.4, 0.5) is 0 Å². The predicted molar refractivity (Wildman–Crippen MR) is 119 cm³/mol. The average Bonchev–Trinajstić information content (AvgIpc) is 2.73. The molecule has 0 aliphatic heterocycles. The molecule has 0 saturated carbocycles. The van der Waals surface area contributed by atoms with Gasteiger partial charge in [0.2, 0.25) is 0 Å². The van der Waals surface area contributed by atoms with E-state index < -0.39 is 5.63 Å². The maximum Gasteiger partial charge on any atom is 0.339 e. The Morgan fingerprint density at radius 3 is 2.55 bits per heavy atom. The fourth-order valence-corrected chi connectivity index (χ4v) is 3.94. The first-order valence-electron chi connectivity index (χ1n) is 10.5. The molecule has 0 N–H and O–H groups in total. The van der Waals surface area contributed by atoms with Gasteiger partial charge in [-0.2, -0.15) is 0 Å². The highest BCUT2D eigenvalue weighted by atomic mass is 32.2. The molecule has 29 heavy (non-hydrogen) atoms. The Hall–Kier alpha value is -1.95. The van der Waals surface area contributed by atoms with Crippen molar-refractivity contribution in [3.63, 3.8) is 0 Å². The van der Waals surface area contributed by atoms with Crippen molar-refractivity contribution in [1.82, 2.24) is 0 Å². The molecule has 0 spiro atoms. The molecule has 1 atom stereocenters. The zero-order valence-electron chi connectivity index (χ0n) is 17.7. The van der Waals surface area contributed by atoms with E-state index in [2.05, 4.69) is 6.92 Å². The van der Waals surface area contributed by atoms with E-state index in [4.69, 9.17) is 13.9 Å². The number of methoxy groups -OCH3 is 1. The highest BCUT2D eigenvalue weighted by Crippen LogP contribution is 2.28. The quantitative estimate of drug-likeness (QED) is 0.300. The van der Waals surface area contributed by atoms with Gasteiger partial charge in [-0.15, -0.1) is 0 Å². The molecule has 0 saturated heterocycles. The largest absolute Gasteiger partial charge is 0.497 e. The van der Waals surface area contributed by atoms with E-state index >= 15 is 0 Å². The Morgan fingerprint density at radius 2 is 1.83 bits per heavy atom. The van der Waals surface area contributed by atoms with Crippen LogP contribution in [0, 0.1) is 5.92 Å². The van der Waals surface area contributed by atoms with Crippen LogP contribution in [0.15, 0.2) is 33.5 Å². The molecule has 0 aliphatic carbocycles. The monoisotopic (exact) mass is 420 g/mol. The van der Waals surface area contributed by atoms with Crippen LogP contribution in [0.25, 0.3) is 11.0 Å². The van der Waals surface area contributed by atoms with E-state index in [9.17, 15) is 9.59 Å². The van der Waals surface area contributed by atoms with E-state index in [0.717, 1.165) is 49.7 Å². The number of unbranched alkanes of at least 4 members (excludes halogenated alkanes) is 5. The topological polar surface area (TPSA) is 65.7 Å². The predicted octanol–water partition coefficient (Wildman–Crippen LogP) is 5.83. The minimum absolute atomic E-state index is 0.175. The van der Waals surface area contributed by atoms with Gasteiger partial charge in [0, 0.05) is 11.7 Å². The molecular weight excluding hydrogens is 388 g/mol. The number of carbonyl (C=O) groups excluding carboxylic acids is 1. The van der Waals surface area contributed by atoms with E-state index in [0.29, 0.717) is 28.8 Å². The minimum Gasteiger partial charge on any atom is -0.497 e. The van der Waals surface area contributed by atoms with Crippen LogP contribution in [-0.4, -0.2) is 24.6 Å². The molecule has 1 unspecified atom stereocenters. The van der Waals surface area contributed by atoms with Crippen molar-refractivity contribution in [2.24, 2.45) is 5.92 Å². The molecule has 0 bridgehead atoms. The third-order valence-corrected chi connectivity index (χ3v) is 6.15. The van der Waals surface area contributed by atoms with Gasteiger partial charge in [0.15, 0.2) is 5.12 Å². The van der Waals surface area contributed by atoms with Crippen molar-refractivity contribution in [1.29, 1.82) is 0 Å². The molecular formula is C23H32O5S. The van der Waals surface area contributed by atoms with Crippen molar-refractivity contribution in [3.05, 3.63) is 34.7 Å². The van der Waals surface area contributed by atoms with Gasteiger partial charge in [-0.3, -0.25) is 4.79 Å². The van der Waals surface area contributed by atoms with Crippen molar-refractivity contribution >= 4 is 27.8 Å². The standard InChI is InChI=1S/C23H32O5S/c1-4-17(2)23(25)29-14-10-8-6-5-7-9-13-27-21-16-22(24)28-20-12-11-18(26-3)15-19(20)21/h11-12,15-17H,4-10,13-14H2,1-3H3. The van der Waals surface area contributed by atoms with E-state index in [-0.39, 0.29) is 5.92 Å². The minimum atomic E-state index is -0.414. The molecule has 0 aliphatic rings. The van der Waals surface area contributed by atoms with Crippen LogP contribution in [0.3, 0.4) is 0 Å². The van der Waals surface area contributed by atoms with Crippen molar-refractivity contribution in [2.45, 2.75) is 58.8 Å². The molecule has 1 aromatic heterocycles. The van der Waals surface area contributed by atoms with Gasteiger partial charge in [-0.25, -0.2) is 4.79 Å². The second kappa shape index (κ2) is 12.6. The highest BCUT2D eigenvalue weighted by molar-refractivity contribution is 8.13. The summed E-state index contributed by atoms with van der Waals surface area (Å²) in [4.78, 5) is 23.5. The third-order valence-electron chi connectivity index (χ3n) is 4.97. The lowest BCUT2D eigenvalue weighted by Crippen LogP contribution is -2.05. The van der Waals surface area contributed by atoms with Crippen LogP contribution >= 0.6 is 11.8 Å². The number of fused-ring (bicyclic) bond motifs is 1. The van der Waals surface area contributed by atoms with Crippen LogP contribution in [0.2, 0.25) is 0 Å². The second-order valence-corrected chi connectivity index (χ2v) is 8.34. The number of hydrogen-bond donors (Lipinski definition) is 0. The van der Waals surface area contributed by atoms with E-state index in [1.54, 1.807) is 19.2 Å². The van der Waals surface area contributed by atoms with Gasteiger partial charge in [0.05, 0.1) is 25.2 Å². The number of benzene rings is 1. The van der Waals surface area contributed by atoms with Gasteiger partial charge < -0.3 is 13.9 Å². The van der Waals surface area contributed by atoms with E-state index in [1.807, 2.05) is 13.0 Å². The molecule has 1 aromatic carbocycles. The molecule has 2 rings (SSSR count). The molecule has 1 heterocycles. The summed E-state index contributed by atoms with van der Waals surface area (Å²) in [5, 5.41) is 1.07. The Bertz CT molecular complexity index is 830. The fourth-order valence-electron chi connectivity index (χ4n) is 2.93. The van der Waals surface area contributed by atoms with Crippen molar-refractivity contribution in [3.8, 4) is 11.5 Å². The Kier molecular flexibility index (Phi) is 10.1. The van der Waals surface area contributed by atoms with Gasteiger partial charge in [0.1, 0.15) is 17.1 Å². The zero-order valence-corrected chi connectivity index (χ0v) is 18.5. The lowest BCUT2D eigenvalue weighted by atomic mass is 10.1.